The Hall–Kier alpha value is -3.07. The summed E-state index contributed by atoms with van der Waals surface area (Å²) in [5.74, 6) is 0.643. The lowest BCUT2D eigenvalue weighted by molar-refractivity contribution is 0.535. The standard InChI is InChI=1S/C19H16N2O/c20-19(22-18-14-8-3-9-15-18)21(16-10-4-1-5-11-16)17-12-6-2-7-13-17/h1-15,20H. The minimum Gasteiger partial charge on any atom is -0.426 e. The third kappa shape index (κ3) is 3.15. The van der Waals surface area contributed by atoms with Gasteiger partial charge in [-0.2, -0.15) is 0 Å². The first-order valence-corrected chi connectivity index (χ1v) is 7.06. The van der Waals surface area contributed by atoms with Crippen LogP contribution in [-0.2, 0) is 0 Å². The van der Waals surface area contributed by atoms with Crippen molar-refractivity contribution in [3.8, 4) is 5.75 Å². The molecule has 0 radical (unpaired) electrons. The lowest BCUT2D eigenvalue weighted by Gasteiger charge is -2.24. The zero-order valence-corrected chi connectivity index (χ0v) is 12.0. The number of ether oxygens (including phenoxy) is 1. The van der Waals surface area contributed by atoms with Crippen molar-refractivity contribution in [3.05, 3.63) is 91.0 Å². The molecular weight excluding hydrogens is 272 g/mol. The summed E-state index contributed by atoms with van der Waals surface area (Å²) < 4.78 is 5.69. The van der Waals surface area contributed by atoms with Gasteiger partial charge in [0, 0.05) is 0 Å². The maximum Gasteiger partial charge on any atom is 0.299 e. The fourth-order valence-corrected chi connectivity index (χ4v) is 2.18. The Labute approximate surface area is 129 Å². The molecule has 0 aromatic heterocycles. The molecule has 3 nitrogen and oxygen atoms in total. The quantitative estimate of drug-likeness (QED) is 0.553. The Morgan fingerprint density at radius 1 is 0.636 bits per heavy atom. The summed E-state index contributed by atoms with van der Waals surface area (Å²) in [6.45, 7) is 0. The normalized spacial score (nSPS) is 10.0. The molecule has 108 valence electrons. The molecule has 3 aromatic rings. The predicted molar refractivity (Wildman–Crippen MR) is 89.8 cm³/mol. The summed E-state index contributed by atoms with van der Waals surface area (Å²) in [6.07, 6.45) is 0. The molecule has 0 aliphatic carbocycles. The van der Waals surface area contributed by atoms with Gasteiger partial charge in [0.25, 0.3) is 6.02 Å². The largest absolute Gasteiger partial charge is 0.426 e. The van der Waals surface area contributed by atoms with E-state index in [9.17, 15) is 0 Å². The number of hydrogen-bond donors (Lipinski definition) is 1. The van der Waals surface area contributed by atoms with E-state index in [1.165, 1.54) is 0 Å². The number of benzene rings is 3. The van der Waals surface area contributed by atoms with Crippen molar-refractivity contribution in [2.24, 2.45) is 0 Å². The summed E-state index contributed by atoms with van der Waals surface area (Å²) in [6, 6.07) is 28.9. The lowest BCUT2D eigenvalue weighted by atomic mass is 10.2. The zero-order valence-electron chi connectivity index (χ0n) is 12.0. The number of nitrogens with one attached hydrogen (secondary N) is 1. The number of rotatable bonds is 3. The van der Waals surface area contributed by atoms with Crippen molar-refractivity contribution in [2.75, 3.05) is 4.90 Å². The molecule has 1 N–H and O–H groups in total. The van der Waals surface area contributed by atoms with Gasteiger partial charge in [0.05, 0.1) is 11.4 Å². The summed E-state index contributed by atoms with van der Waals surface area (Å²) in [7, 11) is 0. The van der Waals surface area contributed by atoms with E-state index in [1.54, 1.807) is 4.90 Å². The van der Waals surface area contributed by atoms with Crippen LogP contribution in [0.25, 0.3) is 0 Å². The van der Waals surface area contributed by atoms with Gasteiger partial charge < -0.3 is 4.74 Å². The number of hydrogen-bond acceptors (Lipinski definition) is 2. The molecule has 22 heavy (non-hydrogen) atoms. The molecule has 3 aromatic carbocycles. The van der Waals surface area contributed by atoms with Crippen LogP contribution in [0.3, 0.4) is 0 Å². The highest BCUT2D eigenvalue weighted by Gasteiger charge is 2.16. The van der Waals surface area contributed by atoms with Crippen LogP contribution in [0.2, 0.25) is 0 Å². The molecule has 0 atom stereocenters. The molecule has 0 spiro atoms. The van der Waals surface area contributed by atoms with E-state index in [0.29, 0.717) is 5.75 Å². The van der Waals surface area contributed by atoms with Crippen molar-refractivity contribution >= 4 is 17.4 Å². The maximum atomic E-state index is 8.36. The van der Waals surface area contributed by atoms with Gasteiger partial charge in [-0.25, -0.2) is 0 Å². The molecular formula is C19H16N2O. The molecule has 3 rings (SSSR count). The van der Waals surface area contributed by atoms with Crippen LogP contribution in [0, 0.1) is 5.41 Å². The van der Waals surface area contributed by atoms with E-state index in [0.717, 1.165) is 11.4 Å². The number of anilines is 2. The highest BCUT2D eigenvalue weighted by Crippen LogP contribution is 2.26. The van der Waals surface area contributed by atoms with E-state index in [-0.39, 0.29) is 6.02 Å². The third-order valence-corrected chi connectivity index (χ3v) is 3.19. The molecule has 0 bridgehead atoms. The Kier molecular flexibility index (Phi) is 4.16. The van der Waals surface area contributed by atoms with Gasteiger partial charge in [0.2, 0.25) is 0 Å². The molecule has 0 aliphatic rings. The zero-order chi connectivity index (χ0) is 15.2. The predicted octanol–water partition coefficient (Wildman–Crippen LogP) is 4.84. The molecule has 0 saturated heterocycles. The summed E-state index contributed by atoms with van der Waals surface area (Å²) in [5.41, 5.74) is 1.77. The van der Waals surface area contributed by atoms with Gasteiger partial charge in [-0.15, -0.1) is 0 Å². The summed E-state index contributed by atoms with van der Waals surface area (Å²) in [5, 5.41) is 8.36. The number of nitrogens with zero attached hydrogens (tertiary/aromatic N) is 1. The fourth-order valence-electron chi connectivity index (χ4n) is 2.18. The number of para-hydroxylation sites is 3. The molecule has 0 saturated carbocycles. The second-order valence-electron chi connectivity index (χ2n) is 4.73. The van der Waals surface area contributed by atoms with Crippen LogP contribution in [0.4, 0.5) is 11.4 Å². The first-order chi connectivity index (χ1) is 10.8. The SMILES string of the molecule is N=C(Oc1ccccc1)N(c1ccccc1)c1ccccc1. The van der Waals surface area contributed by atoms with Crippen molar-refractivity contribution in [3.63, 3.8) is 0 Å². The third-order valence-electron chi connectivity index (χ3n) is 3.19. The van der Waals surface area contributed by atoms with Gasteiger partial charge in [-0.3, -0.25) is 10.3 Å². The Balaban J connectivity index is 1.94. The number of amidine groups is 1. The molecule has 0 amide bonds. The Bertz CT molecular complexity index is 688. The van der Waals surface area contributed by atoms with Crippen LogP contribution in [0.15, 0.2) is 91.0 Å². The van der Waals surface area contributed by atoms with Crippen LogP contribution >= 0.6 is 0 Å². The molecule has 0 fully saturated rings. The van der Waals surface area contributed by atoms with Crippen molar-refractivity contribution in [2.45, 2.75) is 0 Å². The van der Waals surface area contributed by atoms with Crippen LogP contribution in [0.1, 0.15) is 0 Å². The molecule has 0 heterocycles. The Morgan fingerprint density at radius 3 is 1.50 bits per heavy atom. The van der Waals surface area contributed by atoms with E-state index in [2.05, 4.69) is 0 Å². The minimum atomic E-state index is 0.0589. The average molecular weight is 288 g/mol. The van der Waals surface area contributed by atoms with E-state index in [1.807, 2.05) is 91.0 Å². The molecule has 0 aliphatic heterocycles. The molecule has 3 heteroatoms. The summed E-state index contributed by atoms with van der Waals surface area (Å²) in [4.78, 5) is 1.77. The van der Waals surface area contributed by atoms with Gasteiger partial charge in [0.1, 0.15) is 5.75 Å². The van der Waals surface area contributed by atoms with Gasteiger partial charge >= 0.3 is 0 Å². The fraction of sp³-hybridized carbons (Fsp3) is 0. The minimum absolute atomic E-state index is 0.0589. The lowest BCUT2D eigenvalue weighted by Crippen LogP contribution is -2.29. The highest BCUT2D eigenvalue weighted by molar-refractivity contribution is 5.98. The van der Waals surface area contributed by atoms with Gasteiger partial charge in [-0.1, -0.05) is 54.6 Å². The first kappa shape index (κ1) is 13.9. The van der Waals surface area contributed by atoms with Crippen molar-refractivity contribution in [1.82, 2.24) is 0 Å². The van der Waals surface area contributed by atoms with Crippen LogP contribution in [0.5, 0.6) is 5.75 Å². The van der Waals surface area contributed by atoms with E-state index in [4.69, 9.17) is 10.1 Å². The second kappa shape index (κ2) is 6.59. The van der Waals surface area contributed by atoms with Crippen molar-refractivity contribution in [1.29, 1.82) is 5.41 Å². The van der Waals surface area contributed by atoms with Crippen LogP contribution < -0.4 is 9.64 Å². The van der Waals surface area contributed by atoms with Gasteiger partial charge in [0.15, 0.2) is 0 Å². The van der Waals surface area contributed by atoms with Gasteiger partial charge in [-0.05, 0) is 36.4 Å². The Morgan fingerprint density at radius 2 is 1.05 bits per heavy atom. The van der Waals surface area contributed by atoms with E-state index < -0.39 is 0 Å². The molecule has 0 unspecified atom stereocenters. The highest BCUT2D eigenvalue weighted by atomic mass is 16.5. The first-order valence-electron chi connectivity index (χ1n) is 7.06. The topological polar surface area (TPSA) is 36.3 Å². The maximum absolute atomic E-state index is 8.36. The van der Waals surface area contributed by atoms with E-state index >= 15 is 0 Å². The monoisotopic (exact) mass is 288 g/mol. The van der Waals surface area contributed by atoms with Crippen LogP contribution in [-0.4, -0.2) is 6.02 Å². The average Bonchev–Trinajstić information content (AvgIpc) is 2.58. The smallest absolute Gasteiger partial charge is 0.299 e. The second-order valence-corrected chi connectivity index (χ2v) is 4.73. The van der Waals surface area contributed by atoms with Crippen molar-refractivity contribution < 1.29 is 4.74 Å². The summed E-state index contributed by atoms with van der Waals surface area (Å²) >= 11 is 0.